The van der Waals surface area contributed by atoms with Crippen LogP contribution >= 0.6 is 11.8 Å². The molecule has 7 nitrogen and oxygen atoms in total. The number of benzene rings is 1. The van der Waals surface area contributed by atoms with Crippen molar-refractivity contribution in [3.05, 3.63) is 30.6 Å². The van der Waals surface area contributed by atoms with E-state index in [2.05, 4.69) is 15.5 Å². The van der Waals surface area contributed by atoms with Crippen LogP contribution in [0.15, 0.2) is 35.7 Å². The van der Waals surface area contributed by atoms with Gasteiger partial charge in [0.15, 0.2) is 5.16 Å². The molecule has 8 heteroatoms. The minimum absolute atomic E-state index is 0.144. The van der Waals surface area contributed by atoms with Gasteiger partial charge in [-0.3, -0.25) is 14.2 Å². The summed E-state index contributed by atoms with van der Waals surface area (Å²) >= 11 is 1.25. The fraction of sp³-hybridized carbons (Fsp3) is 0.286. The van der Waals surface area contributed by atoms with Gasteiger partial charge in [-0.05, 0) is 25.1 Å². The van der Waals surface area contributed by atoms with Gasteiger partial charge in [0.2, 0.25) is 5.91 Å². The summed E-state index contributed by atoms with van der Waals surface area (Å²) in [6, 6.07) is 7.27. The summed E-state index contributed by atoms with van der Waals surface area (Å²) < 4.78 is 6.45. The molecule has 0 aliphatic heterocycles. The maximum absolute atomic E-state index is 11.5. The fourth-order valence-electron chi connectivity index (χ4n) is 1.79. The molecule has 0 unspecified atom stereocenters. The molecule has 0 aliphatic carbocycles. The van der Waals surface area contributed by atoms with Crippen LogP contribution in [0.2, 0.25) is 0 Å². The molecule has 0 aliphatic rings. The summed E-state index contributed by atoms with van der Waals surface area (Å²) in [5.41, 5.74) is 1.46. The molecule has 0 spiro atoms. The van der Waals surface area contributed by atoms with Gasteiger partial charge in [-0.1, -0.05) is 17.8 Å². The van der Waals surface area contributed by atoms with Crippen LogP contribution in [0.3, 0.4) is 0 Å². The summed E-state index contributed by atoms with van der Waals surface area (Å²) in [5.74, 6) is -0.471. The Morgan fingerprint density at radius 2 is 2.18 bits per heavy atom. The lowest BCUT2D eigenvalue weighted by molar-refractivity contribution is -0.139. The van der Waals surface area contributed by atoms with E-state index in [0.29, 0.717) is 10.8 Å². The van der Waals surface area contributed by atoms with E-state index in [9.17, 15) is 9.59 Å². The average molecular weight is 320 g/mol. The average Bonchev–Trinajstić information content (AvgIpc) is 2.94. The first-order valence-corrected chi connectivity index (χ1v) is 7.41. The van der Waals surface area contributed by atoms with Gasteiger partial charge in [0, 0.05) is 12.6 Å². The van der Waals surface area contributed by atoms with Crippen molar-refractivity contribution >= 4 is 29.3 Å². The van der Waals surface area contributed by atoms with E-state index in [1.165, 1.54) is 25.8 Å². The first-order chi connectivity index (χ1) is 10.5. The summed E-state index contributed by atoms with van der Waals surface area (Å²) in [6.45, 7) is 3.19. The number of hydrogen-bond donors (Lipinski definition) is 1. The third-order valence-electron chi connectivity index (χ3n) is 2.78. The molecule has 0 fully saturated rings. The molecule has 22 heavy (non-hydrogen) atoms. The minimum Gasteiger partial charge on any atom is -0.468 e. The van der Waals surface area contributed by atoms with E-state index in [1.807, 2.05) is 12.1 Å². The van der Waals surface area contributed by atoms with Gasteiger partial charge in [0.1, 0.15) is 11.6 Å². The summed E-state index contributed by atoms with van der Waals surface area (Å²) in [6.07, 6.45) is 1.55. The molecule has 0 radical (unpaired) electrons. The molecule has 2 aromatic rings. The fourth-order valence-corrected chi connectivity index (χ4v) is 2.66. The molecule has 0 saturated carbocycles. The van der Waals surface area contributed by atoms with Crippen LogP contribution in [-0.2, 0) is 14.3 Å². The Balaban J connectivity index is 2.25. The van der Waals surface area contributed by atoms with Crippen LogP contribution < -0.4 is 5.32 Å². The third kappa shape index (κ3) is 3.85. The molecule has 2 rings (SSSR count). The molecule has 0 bridgehead atoms. The predicted octanol–water partition coefficient (Wildman–Crippen LogP) is 1.88. The van der Waals surface area contributed by atoms with Crippen molar-refractivity contribution < 1.29 is 14.3 Å². The zero-order valence-corrected chi connectivity index (χ0v) is 13.3. The highest BCUT2D eigenvalue weighted by Crippen LogP contribution is 2.25. The quantitative estimate of drug-likeness (QED) is 0.669. The standard InChI is InChI=1S/C14H16N4O3S/c1-9(13(20)21-3)22-14-17-15-8-18(14)12-6-4-5-11(7-12)16-10(2)19/h4-9H,1-3H3,(H,16,19)/t9-/m1/s1. The Kier molecular flexibility index (Phi) is 5.16. The third-order valence-corrected chi connectivity index (χ3v) is 3.81. The molecule has 1 aromatic carbocycles. The number of rotatable bonds is 5. The molecule has 1 amide bonds. The number of nitrogens with one attached hydrogen (secondary N) is 1. The Morgan fingerprint density at radius 3 is 2.86 bits per heavy atom. The highest BCUT2D eigenvalue weighted by atomic mass is 32.2. The molecule has 116 valence electrons. The van der Waals surface area contributed by atoms with Crippen LogP contribution in [-0.4, -0.2) is 39.0 Å². The number of methoxy groups -OCH3 is 1. The van der Waals surface area contributed by atoms with Crippen molar-refractivity contribution in [1.82, 2.24) is 14.8 Å². The molecule has 1 atom stereocenters. The predicted molar refractivity (Wildman–Crippen MR) is 83.0 cm³/mol. The number of aromatic nitrogens is 3. The minimum atomic E-state index is -0.397. The number of carbonyl (C=O) groups is 2. The molecule has 1 heterocycles. The summed E-state index contributed by atoms with van der Waals surface area (Å²) in [4.78, 5) is 22.6. The van der Waals surface area contributed by atoms with E-state index in [0.717, 1.165) is 5.69 Å². The topological polar surface area (TPSA) is 86.1 Å². The van der Waals surface area contributed by atoms with Crippen molar-refractivity contribution in [3.63, 3.8) is 0 Å². The van der Waals surface area contributed by atoms with Crippen molar-refractivity contribution in [1.29, 1.82) is 0 Å². The zero-order chi connectivity index (χ0) is 16.1. The Labute approximate surface area is 132 Å². The van der Waals surface area contributed by atoms with Crippen molar-refractivity contribution in [2.75, 3.05) is 12.4 Å². The maximum atomic E-state index is 11.5. The van der Waals surface area contributed by atoms with Crippen LogP contribution in [0.1, 0.15) is 13.8 Å². The lowest BCUT2D eigenvalue weighted by Crippen LogP contribution is -2.15. The highest BCUT2D eigenvalue weighted by molar-refractivity contribution is 8.00. The number of hydrogen-bond acceptors (Lipinski definition) is 6. The zero-order valence-electron chi connectivity index (χ0n) is 12.4. The van der Waals surface area contributed by atoms with Crippen LogP contribution in [0.4, 0.5) is 5.69 Å². The molecule has 1 aromatic heterocycles. The monoisotopic (exact) mass is 320 g/mol. The van der Waals surface area contributed by atoms with Crippen LogP contribution in [0.25, 0.3) is 5.69 Å². The first kappa shape index (κ1) is 16.0. The van der Waals surface area contributed by atoms with Gasteiger partial charge in [-0.15, -0.1) is 10.2 Å². The largest absolute Gasteiger partial charge is 0.468 e. The maximum Gasteiger partial charge on any atom is 0.318 e. The SMILES string of the molecule is COC(=O)[C@@H](C)Sc1nncn1-c1cccc(NC(C)=O)c1. The van der Waals surface area contributed by atoms with Gasteiger partial charge in [0.05, 0.1) is 12.8 Å². The highest BCUT2D eigenvalue weighted by Gasteiger charge is 2.18. The number of amides is 1. The second-order valence-electron chi connectivity index (χ2n) is 4.50. The van der Waals surface area contributed by atoms with Crippen LogP contribution in [0.5, 0.6) is 0 Å². The van der Waals surface area contributed by atoms with Gasteiger partial charge in [0.25, 0.3) is 0 Å². The van der Waals surface area contributed by atoms with E-state index < -0.39 is 5.25 Å². The molecule has 1 N–H and O–H groups in total. The normalized spacial score (nSPS) is 11.8. The molecular weight excluding hydrogens is 304 g/mol. The summed E-state index contributed by atoms with van der Waals surface area (Å²) in [7, 11) is 1.35. The first-order valence-electron chi connectivity index (χ1n) is 6.54. The number of anilines is 1. The van der Waals surface area contributed by atoms with E-state index in [4.69, 9.17) is 4.74 Å². The number of ether oxygens (including phenoxy) is 1. The van der Waals surface area contributed by atoms with Crippen molar-refractivity contribution in [2.24, 2.45) is 0 Å². The smallest absolute Gasteiger partial charge is 0.318 e. The number of esters is 1. The number of nitrogens with zero attached hydrogens (tertiary/aromatic N) is 3. The van der Waals surface area contributed by atoms with Gasteiger partial charge < -0.3 is 10.1 Å². The number of carbonyl (C=O) groups excluding carboxylic acids is 2. The van der Waals surface area contributed by atoms with Gasteiger partial charge in [-0.2, -0.15) is 0 Å². The van der Waals surface area contributed by atoms with E-state index >= 15 is 0 Å². The lowest BCUT2D eigenvalue weighted by atomic mass is 10.2. The van der Waals surface area contributed by atoms with E-state index in [1.54, 1.807) is 30.0 Å². The lowest BCUT2D eigenvalue weighted by Gasteiger charge is -2.11. The Hall–Kier alpha value is -2.35. The van der Waals surface area contributed by atoms with Crippen molar-refractivity contribution in [3.8, 4) is 5.69 Å². The van der Waals surface area contributed by atoms with Gasteiger partial charge in [-0.25, -0.2) is 0 Å². The van der Waals surface area contributed by atoms with E-state index in [-0.39, 0.29) is 11.9 Å². The second-order valence-corrected chi connectivity index (χ2v) is 5.81. The van der Waals surface area contributed by atoms with Crippen LogP contribution in [0, 0.1) is 0 Å². The molecular formula is C14H16N4O3S. The Morgan fingerprint density at radius 1 is 1.41 bits per heavy atom. The summed E-state index contributed by atoms with van der Waals surface area (Å²) in [5, 5.41) is 10.8. The Bertz CT molecular complexity index is 686. The van der Waals surface area contributed by atoms with Crippen molar-refractivity contribution in [2.45, 2.75) is 24.3 Å². The second kappa shape index (κ2) is 7.08. The molecule has 0 saturated heterocycles. The van der Waals surface area contributed by atoms with Gasteiger partial charge >= 0.3 is 5.97 Å². The number of thioether (sulfide) groups is 1.